The highest BCUT2D eigenvalue weighted by molar-refractivity contribution is 5.95. The molecule has 0 bridgehead atoms. The molecule has 0 atom stereocenters. The zero-order valence-electron chi connectivity index (χ0n) is 16.9. The third kappa shape index (κ3) is 4.10. The molecule has 3 heterocycles. The van der Waals surface area contributed by atoms with Gasteiger partial charge in [0.05, 0.1) is 35.7 Å². The maximum atomic E-state index is 14.8. The SMILES string of the molecule is Cn1ncc2cc(F)c(-c3nccc4c3cnn4CC(=O)NCC(=O)NCC(=O)O)cc21. The van der Waals surface area contributed by atoms with E-state index >= 15 is 0 Å². The largest absolute Gasteiger partial charge is 0.480 e. The minimum absolute atomic E-state index is 0.192. The van der Waals surface area contributed by atoms with Gasteiger partial charge in [-0.1, -0.05) is 0 Å². The number of carboxylic acid groups (broad SMARTS) is 1. The van der Waals surface area contributed by atoms with Crippen LogP contribution in [-0.2, 0) is 28.0 Å². The van der Waals surface area contributed by atoms with Gasteiger partial charge in [-0.25, -0.2) is 4.39 Å². The Morgan fingerprint density at radius 1 is 1.06 bits per heavy atom. The molecule has 11 nitrogen and oxygen atoms in total. The molecule has 3 aromatic heterocycles. The van der Waals surface area contributed by atoms with Crippen LogP contribution in [0.5, 0.6) is 0 Å². The van der Waals surface area contributed by atoms with Crippen molar-refractivity contribution in [2.24, 2.45) is 7.05 Å². The fourth-order valence-corrected chi connectivity index (χ4v) is 3.31. The predicted molar refractivity (Wildman–Crippen MR) is 111 cm³/mol. The van der Waals surface area contributed by atoms with Crippen LogP contribution in [0, 0.1) is 5.82 Å². The van der Waals surface area contributed by atoms with Gasteiger partial charge in [-0.15, -0.1) is 0 Å². The van der Waals surface area contributed by atoms with Crippen LogP contribution in [-0.4, -0.2) is 60.5 Å². The van der Waals surface area contributed by atoms with Crippen molar-refractivity contribution in [2.45, 2.75) is 6.54 Å². The van der Waals surface area contributed by atoms with E-state index < -0.39 is 30.1 Å². The van der Waals surface area contributed by atoms with Crippen molar-refractivity contribution in [3.63, 3.8) is 0 Å². The molecule has 0 fully saturated rings. The summed E-state index contributed by atoms with van der Waals surface area (Å²) in [7, 11) is 1.76. The first-order chi connectivity index (χ1) is 15.3. The van der Waals surface area contributed by atoms with Gasteiger partial charge in [0.15, 0.2) is 0 Å². The highest BCUT2D eigenvalue weighted by atomic mass is 19.1. The first kappa shape index (κ1) is 20.9. The van der Waals surface area contributed by atoms with E-state index in [2.05, 4.69) is 25.8 Å². The van der Waals surface area contributed by atoms with Crippen molar-refractivity contribution in [2.75, 3.05) is 13.1 Å². The van der Waals surface area contributed by atoms with E-state index in [1.165, 1.54) is 23.1 Å². The summed E-state index contributed by atoms with van der Waals surface area (Å²) in [5, 5.41) is 22.6. The molecule has 32 heavy (non-hydrogen) atoms. The Morgan fingerprint density at radius 2 is 1.84 bits per heavy atom. The predicted octanol–water partition coefficient (Wildman–Crippen LogP) is 0.441. The van der Waals surface area contributed by atoms with Gasteiger partial charge in [0.1, 0.15) is 18.9 Å². The number of carbonyl (C=O) groups excluding carboxylic acids is 2. The summed E-state index contributed by atoms with van der Waals surface area (Å²) in [6, 6.07) is 4.71. The van der Waals surface area contributed by atoms with Crippen molar-refractivity contribution in [1.82, 2.24) is 35.2 Å². The van der Waals surface area contributed by atoms with Crippen LogP contribution in [0.2, 0.25) is 0 Å². The van der Waals surface area contributed by atoms with Crippen molar-refractivity contribution >= 4 is 39.6 Å². The van der Waals surface area contributed by atoms with E-state index in [1.807, 2.05) is 0 Å². The lowest BCUT2D eigenvalue weighted by Gasteiger charge is -2.08. The zero-order valence-corrected chi connectivity index (χ0v) is 16.9. The first-order valence-electron chi connectivity index (χ1n) is 9.51. The van der Waals surface area contributed by atoms with E-state index in [-0.39, 0.29) is 18.7 Å². The molecule has 4 rings (SSSR count). The molecule has 0 aliphatic heterocycles. The monoisotopic (exact) mass is 439 g/mol. The standard InChI is InChI=1S/C20H18FN7O4/c1-27-16-5-12(14(21)4-11(16)6-25-27)20-13-7-26-28(15(13)2-3-22-20)10-18(30)23-8-17(29)24-9-19(31)32/h2-7H,8-10H2,1H3,(H,23,30)(H,24,29)(H,31,32). The van der Waals surface area contributed by atoms with Crippen LogP contribution in [0.1, 0.15) is 0 Å². The number of rotatable bonds is 7. The number of halogens is 1. The van der Waals surface area contributed by atoms with Crippen LogP contribution in [0.4, 0.5) is 4.39 Å². The van der Waals surface area contributed by atoms with Crippen molar-refractivity contribution in [1.29, 1.82) is 0 Å². The Labute approximate surface area is 179 Å². The highest BCUT2D eigenvalue weighted by Gasteiger charge is 2.17. The second-order valence-corrected chi connectivity index (χ2v) is 7.00. The Balaban J connectivity index is 1.56. The normalized spacial score (nSPS) is 11.1. The molecule has 0 saturated heterocycles. The molecular weight excluding hydrogens is 421 g/mol. The van der Waals surface area contributed by atoms with Gasteiger partial charge in [0, 0.05) is 29.6 Å². The summed E-state index contributed by atoms with van der Waals surface area (Å²) in [6.45, 7) is -1.09. The van der Waals surface area contributed by atoms with E-state index in [1.54, 1.807) is 30.1 Å². The lowest BCUT2D eigenvalue weighted by Crippen LogP contribution is -2.40. The van der Waals surface area contributed by atoms with E-state index in [4.69, 9.17) is 5.11 Å². The molecule has 0 spiro atoms. The van der Waals surface area contributed by atoms with Crippen LogP contribution in [0.25, 0.3) is 33.1 Å². The fraction of sp³-hybridized carbons (Fsp3) is 0.200. The lowest BCUT2D eigenvalue weighted by atomic mass is 10.1. The van der Waals surface area contributed by atoms with Crippen LogP contribution >= 0.6 is 0 Å². The van der Waals surface area contributed by atoms with Crippen LogP contribution < -0.4 is 10.6 Å². The average molecular weight is 439 g/mol. The molecule has 164 valence electrons. The fourth-order valence-electron chi connectivity index (χ4n) is 3.31. The molecule has 4 aromatic rings. The maximum absolute atomic E-state index is 14.8. The van der Waals surface area contributed by atoms with Gasteiger partial charge in [-0.05, 0) is 18.2 Å². The third-order valence-corrected chi connectivity index (χ3v) is 4.84. The Bertz CT molecular complexity index is 1360. The van der Waals surface area contributed by atoms with Gasteiger partial charge in [-0.3, -0.25) is 28.7 Å². The second-order valence-electron chi connectivity index (χ2n) is 7.00. The van der Waals surface area contributed by atoms with Gasteiger partial charge in [0.25, 0.3) is 0 Å². The first-order valence-corrected chi connectivity index (χ1v) is 9.51. The number of hydrogen-bond acceptors (Lipinski definition) is 6. The molecule has 12 heteroatoms. The number of aliphatic carboxylic acids is 1. The topological polar surface area (TPSA) is 144 Å². The van der Waals surface area contributed by atoms with Crippen LogP contribution in [0.15, 0.2) is 36.8 Å². The molecular formula is C20H18FN7O4. The number of pyridine rings is 1. The number of amides is 2. The van der Waals surface area contributed by atoms with Gasteiger partial charge in [0.2, 0.25) is 11.8 Å². The average Bonchev–Trinajstić information content (AvgIpc) is 3.33. The summed E-state index contributed by atoms with van der Waals surface area (Å²) in [6.07, 6.45) is 4.58. The minimum atomic E-state index is -1.18. The zero-order chi connectivity index (χ0) is 22.8. The van der Waals surface area contributed by atoms with Gasteiger partial charge >= 0.3 is 5.97 Å². The number of aromatic nitrogens is 5. The number of carbonyl (C=O) groups is 3. The quantitative estimate of drug-likeness (QED) is 0.379. The van der Waals surface area contributed by atoms with Crippen LogP contribution in [0.3, 0.4) is 0 Å². The van der Waals surface area contributed by atoms with Gasteiger partial charge < -0.3 is 15.7 Å². The number of carboxylic acids is 1. The van der Waals surface area contributed by atoms with Crippen molar-refractivity contribution in [3.05, 3.63) is 42.6 Å². The molecule has 3 N–H and O–H groups in total. The van der Waals surface area contributed by atoms with Crippen molar-refractivity contribution < 1.29 is 23.9 Å². The molecule has 1 aromatic carbocycles. The lowest BCUT2D eigenvalue weighted by molar-refractivity contribution is -0.137. The third-order valence-electron chi connectivity index (χ3n) is 4.84. The number of aryl methyl sites for hydroxylation is 1. The summed E-state index contributed by atoms with van der Waals surface area (Å²) in [5.41, 5.74) is 1.96. The van der Waals surface area contributed by atoms with Gasteiger partial charge in [-0.2, -0.15) is 10.2 Å². The Kier molecular flexibility index (Phi) is 5.50. The summed E-state index contributed by atoms with van der Waals surface area (Å²) in [4.78, 5) is 38.5. The number of nitrogens with one attached hydrogen (secondary N) is 2. The molecule has 0 radical (unpaired) electrons. The number of nitrogens with zero attached hydrogens (tertiary/aromatic N) is 5. The second kappa shape index (κ2) is 8.41. The number of benzene rings is 1. The van der Waals surface area contributed by atoms with E-state index in [0.29, 0.717) is 22.0 Å². The molecule has 0 aliphatic carbocycles. The minimum Gasteiger partial charge on any atom is -0.480 e. The number of hydrogen-bond donors (Lipinski definition) is 3. The Hall–Kier alpha value is -4.35. The highest BCUT2D eigenvalue weighted by Crippen LogP contribution is 2.31. The summed E-state index contributed by atoms with van der Waals surface area (Å²) in [5.74, 6) is -2.76. The molecule has 2 amide bonds. The van der Waals surface area contributed by atoms with E-state index in [9.17, 15) is 18.8 Å². The molecule has 0 aliphatic rings. The van der Waals surface area contributed by atoms with Crippen molar-refractivity contribution in [3.8, 4) is 11.3 Å². The Morgan fingerprint density at radius 3 is 2.62 bits per heavy atom. The maximum Gasteiger partial charge on any atom is 0.322 e. The smallest absolute Gasteiger partial charge is 0.322 e. The molecule has 0 saturated carbocycles. The summed E-state index contributed by atoms with van der Waals surface area (Å²) < 4.78 is 17.9. The van der Waals surface area contributed by atoms with E-state index in [0.717, 1.165) is 5.52 Å². The molecule has 0 unspecified atom stereocenters. The summed E-state index contributed by atoms with van der Waals surface area (Å²) >= 11 is 0. The number of fused-ring (bicyclic) bond motifs is 2.